The molecule has 1 atom stereocenters. The number of ether oxygens (including phenoxy) is 1. The van der Waals surface area contributed by atoms with Gasteiger partial charge in [-0.3, -0.25) is 9.78 Å². The third kappa shape index (κ3) is 6.80. The molecule has 1 aromatic heterocycles. The number of carbonyl (C=O) groups is 1. The molecule has 1 aliphatic rings. The predicted molar refractivity (Wildman–Crippen MR) is 141 cm³/mol. The van der Waals surface area contributed by atoms with Crippen molar-refractivity contribution in [3.05, 3.63) is 65.1 Å². The van der Waals surface area contributed by atoms with E-state index in [2.05, 4.69) is 10.3 Å². The minimum Gasteiger partial charge on any atom is -0.497 e. The first kappa shape index (κ1) is 29.5. The second-order valence-electron chi connectivity index (χ2n) is 10.3. The fraction of sp³-hybridized carbons (Fsp3) is 0.448. The maximum Gasteiger partial charge on any atom is 0.303 e. The van der Waals surface area contributed by atoms with Gasteiger partial charge in [0.1, 0.15) is 30.1 Å². The molecule has 216 valence electrons. The molecule has 0 spiro atoms. The number of pyridine rings is 1. The highest BCUT2D eigenvalue weighted by Crippen LogP contribution is 2.43. The smallest absolute Gasteiger partial charge is 0.303 e. The van der Waals surface area contributed by atoms with Crippen LogP contribution in [0.25, 0.3) is 10.9 Å². The van der Waals surface area contributed by atoms with Crippen LogP contribution in [-0.4, -0.2) is 54.2 Å². The fourth-order valence-electron chi connectivity index (χ4n) is 5.55. The average Bonchev–Trinajstić information content (AvgIpc) is 2.92. The SMILES string of the molecule is COc1ccc2ncc(CF)c(C(F)CCC3(CC(=O)O)CCN(CCNc4c(F)cc(F)cc4F)CC3)c2c1. The zero-order chi connectivity index (χ0) is 28.9. The summed E-state index contributed by atoms with van der Waals surface area (Å²) < 4.78 is 75.8. The minimum atomic E-state index is -1.53. The lowest BCUT2D eigenvalue weighted by Gasteiger charge is -2.41. The van der Waals surface area contributed by atoms with Gasteiger partial charge in [-0.1, -0.05) is 0 Å². The third-order valence-corrected chi connectivity index (χ3v) is 7.76. The van der Waals surface area contributed by atoms with Gasteiger partial charge in [-0.2, -0.15) is 0 Å². The van der Waals surface area contributed by atoms with Gasteiger partial charge in [-0.05, 0) is 62.4 Å². The topological polar surface area (TPSA) is 74.7 Å². The molecule has 6 nitrogen and oxygen atoms in total. The number of fused-ring (bicyclic) bond motifs is 1. The normalized spacial score (nSPS) is 16.1. The number of hydrogen-bond donors (Lipinski definition) is 2. The number of aliphatic carboxylic acids is 1. The fourth-order valence-corrected chi connectivity index (χ4v) is 5.55. The second kappa shape index (κ2) is 12.8. The number of anilines is 1. The van der Waals surface area contributed by atoms with Gasteiger partial charge in [-0.25, -0.2) is 22.0 Å². The summed E-state index contributed by atoms with van der Waals surface area (Å²) in [6, 6.07) is 6.21. The van der Waals surface area contributed by atoms with Crippen molar-refractivity contribution >= 4 is 22.6 Å². The molecule has 1 unspecified atom stereocenters. The monoisotopic (exact) mass is 565 g/mol. The highest BCUT2D eigenvalue weighted by molar-refractivity contribution is 5.85. The lowest BCUT2D eigenvalue weighted by atomic mass is 9.71. The van der Waals surface area contributed by atoms with E-state index in [9.17, 15) is 27.5 Å². The van der Waals surface area contributed by atoms with E-state index in [1.54, 1.807) is 18.2 Å². The summed E-state index contributed by atoms with van der Waals surface area (Å²) in [7, 11) is 1.48. The first-order chi connectivity index (χ1) is 19.1. The summed E-state index contributed by atoms with van der Waals surface area (Å²) in [5, 5.41) is 12.7. The zero-order valence-electron chi connectivity index (χ0n) is 22.2. The van der Waals surface area contributed by atoms with Gasteiger partial charge in [0, 0.05) is 47.9 Å². The Labute approximate surface area is 229 Å². The van der Waals surface area contributed by atoms with E-state index in [-0.39, 0.29) is 36.9 Å². The van der Waals surface area contributed by atoms with E-state index in [1.807, 2.05) is 4.90 Å². The maximum atomic E-state index is 15.8. The molecule has 40 heavy (non-hydrogen) atoms. The van der Waals surface area contributed by atoms with Crippen LogP contribution in [0.1, 0.15) is 49.4 Å². The number of piperidine rings is 1. The molecule has 0 saturated carbocycles. The van der Waals surface area contributed by atoms with Gasteiger partial charge in [0.2, 0.25) is 0 Å². The van der Waals surface area contributed by atoms with Gasteiger partial charge in [-0.15, -0.1) is 0 Å². The summed E-state index contributed by atoms with van der Waals surface area (Å²) in [5.41, 5.74) is -0.177. The number of likely N-dealkylation sites (tertiary alicyclic amines) is 1. The van der Waals surface area contributed by atoms with Crippen molar-refractivity contribution in [3.63, 3.8) is 0 Å². The molecule has 1 fully saturated rings. The van der Waals surface area contributed by atoms with E-state index >= 15 is 4.39 Å². The first-order valence-corrected chi connectivity index (χ1v) is 13.1. The van der Waals surface area contributed by atoms with E-state index in [1.165, 1.54) is 13.3 Å². The van der Waals surface area contributed by atoms with Crippen molar-refractivity contribution in [3.8, 4) is 5.75 Å². The zero-order valence-corrected chi connectivity index (χ0v) is 22.2. The van der Waals surface area contributed by atoms with Crippen molar-refractivity contribution in [2.24, 2.45) is 5.41 Å². The molecule has 1 aliphatic heterocycles. The lowest BCUT2D eigenvalue weighted by Crippen LogP contribution is -2.43. The Hall–Kier alpha value is -3.47. The largest absolute Gasteiger partial charge is 0.497 e. The van der Waals surface area contributed by atoms with Gasteiger partial charge in [0.15, 0.2) is 11.6 Å². The van der Waals surface area contributed by atoms with Gasteiger partial charge in [0.25, 0.3) is 0 Å². The van der Waals surface area contributed by atoms with Crippen LogP contribution in [0.3, 0.4) is 0 Å². The number of rotatable bonds is 12. The highest BCUT2D eigenvalue weighted by atomic mass is 19.2. The number of nitrogens with one attached hydrogen (secondary N) is 1. The lowest BCUT2D eigenvalue weighted by molar-refractivity contribution is -0.141. The van der Waals surface area contributed by atoms with Crippen molar-refractivity contribution in [2.75, 3.05) is 38.6 Å². The van der Waals surface area contributed by atoms with E-state index < -0.39 is 47.4 Å². The van der Waals surface area contributed by atoms with E-state index in [0.717, 1.165) is 0 Å². The summed E-state index contributed by atoms with van der Waals surface area (Å²) in [4.78, 5) is 18.0. The Bertz CT molecular complexity index is 1320. The maximum absolute atomic E-state index is 15.8. The number of benzene rings is 2. The summed E-state index contributed by atoms with van der Waals surface area (Å²) in [6.07, 6.45) is 0.966. The standard InChI is InChI=1S/C29H32F5N3O3/c1-40-20-2-3-25-21(14-20)27(18(16-30)17-36-25)22(32)4-5-29(15-26(38)39)6-9-37(10-7-29)11-8-35-28-23(33)12-19(31)13-24(28)34/h2-3,12-14,17,22,35H,4-11,15-16H2,1H3,(H,38,39). The number of aromatic nitrogens is 1. The molecule has 2 N–H and O–H groups in total. The molecule has 1 saturated heterocycles. The van der Waals surface area contributed by atoms with Crippen molar-refractivity contribution in [1.82, 2.24) is 9.88 Å². The van der Waals surface area contributed by atoms with Crippen LogP contribution in [0.4, 0.5) is 27.6 Å². The van der Waals surface area contributed by atoms with Crippen molar-refractivity contribution in [1.29, 1.82) is 0 Å². The Balaban J connectivity index is 1.41. The molecule has 3 aromatic rings. The number of alkyl halides is 2. The molecule has 4 rings (SSSR count). The van der Waals surface area contributed by atoms with Gasteiger partial charge >= 0.3 is 5.97 Å². The number of hydrogen-bond acceptors (Lipinski definition) is 5. The Morgan fingerprint density at radius 1 is 1.18 bits per heavy atom. The Kier molecular flexibility index (Phi) is 9.44. The number of carboxylic acids is 1. The molecular weight excluding hydrogens is 533 g/mol. The van der Waals surface area contributed by atoms with Crippen LogP contribution < -0.4 is 10.1 Å². The molecule has 0 bridgehead atoms. The summed E-state index contributed by atoms with van der Waals surface area (Å²) in [6.45, 7) is 0.778. The molecule has 2 aromatic carbocycles. The van der Waals surface area contributed by atoms with Crippen LogP contribution in [-0.2, 0) is 11.5 Å². The second-order valence-corrected chi connectivity index (χ2v) is 10.3. The number of carboxylic acid groups (broad SMARTS) is 1. The molecular formula is C29H32F5N3O3. The van der Waals surface area contributed by atoms with E-state index in [0.29, 0.717) is 61.3 Å². The first-order valence-electron chi connectivity index (χ1n) is 13.1. The Morgan fingerprint density at radius 2 is 1.88 bits per heavy atom. The number of nitrogens with zero attached hydrogens (tertiary/aromatic N) is 2. The number of halogens is 5. The van der Waals surface area contributed by atoms with Crippen LogP contribution in [0.2, 0.25) is 0 Å². The van der Waals surface area contributed by atoms with Crippen LogP contribution >= 0.6 is 0 Å². The minimum absolute atomic E-state index is 0.0152. The molecule has 0 radical (unpaired) electrons. The summed E-state index contributed by atoms with van der Waals surface area (Å²) in [5.74, 6) is -3.52. The predicted octanol–water partition coefficient (Wildman–Crippen LogP) is 6.59. The number of methoxy groups -OCH3 is 1. The molecule has 2 heterocycles. The van der Waals surface area contributed by atoms with Crippen LogP contribution in [0, 0.1) is 22.9 Å². The molecule has 11 heteroatoms. The van der Waals surface area contributed by atoms with Crippen LogP contribution in [0.15, 0.2) is 36.5 Å². The van der Waals surface area contributed by atoms with E-state index in [4.69, 9.17) is 4.74 Å². The molecule has 0 amide bonds. The Morgan fingerprint density at radius 3 is 2.50 bits per heavy atom. The van der Waals surface area contributed by atoms with Crippen molar-refractivity contribution in [2.45, 2.75) is 45.0 Å². The quantitative estimate of drug-likeness (QED) is 0.242. The van der Waals surface area contributed by atoms with Gasteiger partial charge < -0.3 is 20.1 Å². The average molecular weight is 566 g/mol. The van der Waals surface area contributed by atoms with Crippen molar-refractivity contribution < 1.29 is 36.6 Å². The molecule has 0 aliphatic carbocycles. The highest BCUT2D eigenvalue weighted by Gasteiger charge is 2.37. The van der Waals surface area contributed by atoms with Gasteiger partial charge in [0.05, 0.1) is 19.0 Å². The summed E-state index contributed by atoms with van der Waals surface area (Å²) >= 11 is 0. The van der Waals surface area contributed by atoms with Crippen LogP contribution in [0.5, 0.6) is 5.75 Å². The third-order valence-electron chi connectivity index (χ3n) is 7.76.